The quantitative estimate of drug-likeness (QED) is 0.279. The molecule has 3 heterocycles. The number of anilines is 2. The SMILES string of the molecule is COCCN(CCCCc1ccc2c(n1)NCCC2)CC[C@H](Nc1ncnc2ccc(F)cc12)C(=O)O. The molecule has 1 atom stereocenters. The molecule has 0 saturated heterocycles. The first-order valence-electron chi connectivity index (χ1n) is 12.9. The Hall–Kier alpha value is -3.37. The van der Waals surface area contributed by atoms with Crippen molar-refractivity contribution in [3.63, 3.8) is 0 Å². The van der Waals surface area contributed by atoms with Gasteiger partial charge in [0.15, 0.2) is 0 Å². The van der Waals surface area contributed by atoms with E-state index in [1.165, 1.54) is 24.0 Å². The Labute approximate surface area is 216 Å². The number of unbranched alkanes of at least 4 members (excludes halogenated alkanes) is 1. The summed E-state index contributed by atoms with van der Waals surface area (Å²) in [7, 11) is 1.66. The third kappa shape index (κ3) is 7.56. The molecular weight excluding hydrogens is 475 g/mol. The van der Waals surface area contributed by atoms with Gasteiger partial charge in [0, 0.05) is 37.8 Å². The summed E-state index contributed by atoms with van der Waals surface area (Å²) in [5, 5.41) is 16.7. The van der Waals surface area contributed by atoms with E-state index in [0.29, 0.717) is 42.8 Å². The fourth-order valence-electron chi connectivity index (χ4n) is 4.58. The second-order valence-electron chi connectivity index (χ2n) is 9.34. The topological polar surface area (TPSA) is 113 Å². The molecule has 0 saturated carbocycles. The van der Waals surface area contributed by atoms with Gasteiger partial charge in [-0.2, -0.15) is 0 Å². The van der Waals surface area contributed by atoms with Crippen molar-refractivity contribution >= 4 is 28.5 Å². The van der Waals surface area contributed by atoms with E-state index >= 15 is 0 Å². The number of aryl methyl sites for hydroxylation is 2. The molecule has 3 aromatic rings. The Balaban J connectivity index is 1.31. The number of hydrogen-bond donors (Lipinski definition) is 3. The molecular formula is C27H35FN6O3. The van der Waals surface area contributed by atoms with Crippen molar-refractivity contribution in [1.82, 2.24) is 19.9 Å². The zero-order chi connectivity index (χ0) is 26.0. The van der Waals surface area contributed by atoms with Crippen molar-refractivity contribution in [2.75, 3.05) is 50.5 Å². The number of aliphatic carboxylic acids is 1. The Morgan fingerprint density at radius 1 is 1.22 bits per heavy atom. The fraction of sp³-hybridized carbons (Fsp3) is 0.481. The lowest BCUT2D eigenvalue weighted by atomic mass is 10.1. The molecule has 0 spiro atoms. The largest absolute Gasteiger partial charge is 0.480 e. The van der Waals surface area contributed by atoms with Gasteiger partial charge in [0.25, 0.3) is 0 Å². The highest BCUT2D eigenvalue weighted by molar-refractivity contribution is 5.90. The molecule has 1 aliphatic rings. The van der Waals surface area contributed by atoms with Crippen LogP contribution in [-0.2, 0) is 22.4 Å². The van der Waals surface area contributed by atoms with Crippen LogP contribution in [0.2, 0.25) is 0 Å². The summed E-state index contributed by atoms with van der Waals surface area (Å²) in [5.41, 5.74) is 2.94. The predicted octanol–water partition coefficient (Wildman–Crippen LogP) is 3.75. The maximum atomic E-state index is 13.8. The van der Waals surface area contributed by atoms with E-state index in [2.05, 4.69) is 37.6 Å². The normalized spacial score (nSPS) is 13.8. The Morgan fingerprint density at radius 2 is 2.11 bits per heavy atom. The number of rotatable bonds is 14. The lowest BCUT2D eigenvalue weighted by Crippen LogP contribution is -2.37. The molecule has 3 N–H and O–H groups in total. The van der Waals surface area contributed by atoms with E-state index in [4.69, 9.17) is 9.72 Å². The van der Waals surface area contributed by atoms with Crippen LogP contribution >= 0.6 is 0 Å². The van der Waals surface area contributed by atoms with Gasteiger partial charge < -0.3 is 25.4 Å². The number of fused-ring (bicyclic) bond motifs is 2. The van der Waals surface area contributed by atoms with Crippen molar-refractivity contribution in [2.24, 2.45) is 0 Å². The minimum atomic E-state index is -0.984. The highest BCUT2D eigenvalue weighted by atomic mass is 19.1. The summed E-state index contributed by atoms with van der Waals surface area (Å²) in [6, 6.07) is 7.62. The van der Waals surface area contributed by atoms with E-state index in [9.17, 15) is 14.3 Å². The second kappa shape index (κ2) is 13.3. The fourth-order valence-corrected chi connectivity index (χ4v) is 4.58. The van der Waals surface area contributed by atoms with E-state index in [1.807, 2.05) is 0 Å². The van der Waals surface area contributed by atoms with Gasteiger partial charge in [0.05, 0.1) is 12.1 Å². The van der Waals surface area contributed by atoms with E-state index < -0.39 is 17.8 Å². The van der Waals surface area contributed by atoms with Crippen LogP contribution in [0.1, 0.15) is 36.9 Å². The molecule has 0 aliphatic carbocycles. The number of nitrogens with zero attached hydrogens (tertiary/aromatic N) is 4. The number of pyridine rings is 1. The molecule has 198 valence electrons. The summed E-state index contributed by atoms with van der Waals surface area (Å²) < 4.78 is 19.1. The summed E-state index contributed by atoms with van der Waals surface area (Å²) in [5.74, 6) is -0.0731. The number of carbonyl (C=O) groups is 1. The molecule has 0 unspecified atom stereocenters. The zero-order valence-electron chi connectivity index (χ0n) is 21.3. The van der Waals surface area contributed by atoms with Crippen molar-refractivity contribution in [3.05, 3.63) is 53.7 Å². The third-order valence-corrected chi connectivity index (χ3v) is 6.66. The van der Waals surface area contributed by atoms with Gasteiger partial charge in [-0.1, -0.05) is 6.07 Å². The van der Waals surface area contributed by atoms with Gasteiger partial charge >= 0.3 is 5.97 Å². The van der Waals surface area contributed by atoms with E-state index in [0.717, 1.165) is 56.7 Å². The Morgan fingerprint density at radius 3 is 2.95 bits per heavy atom. The highest BCUT2D eigenvalue weighted by Crippen LogP contribution is 2.22. The lowest BCUT2D eigenvalue weighted by molar-refractivity contribution is -0.138. The molecule has 9 nitrogen and oxygen atoms in total. The lowest BCUT2D eigenvalue weighted by Gasteiger charge is -2.24. The van der Waals surface area contributed by atoms with Gasteiger partial charge in [-0.25, -0.2) is 24.1 Å². The Kier molecular flexibility index (Phi) is 9.56. The molecule has 0 bridgehead atoms. The molecule has 1 aromatic carbocycles. The standard InChI is InChI=1S/C27H35FN6O3/c1-37-16-15-34(13-3-2-6-21-9-7-19-5-4-12-29-25(19)32-21)14-11-24(27(35)36)33-26-22-17-20(28)8-10-23(22)30-18-31-26/h7-10,17-18,24H,2-6,11-16H2,1H3,(H,29,32)(H,35,36)(H,30,31,33)/t24-/m0/s1. The van der Waals surface area contributed by atoms with Crippen LogP contribution in [0.5, 0.6) is 0 Å². The third-order valence-electron chi connectivity index (χ3n) is 6.66. The molecule has 0 fully saturated rings. The van der Waals surface area contributed by atoms with Crippen molar-refractivity contribution < 1.29 is 19.0 Å². The molecule has 0 radical (unpaired) electrons. The first-order valence-corrected chi connectivity index (χ1v) is 12.9. The predicted molar refractivity (Wildman–Crippen MR) is 141 cm³/mol. The van der Waals surface area contributed by atoms with E-state index in [-0.39, 0.29) is 0 Å². The maximum Gasteiger partial charge on any atom is 0.326 e. The summed E-state index contributed by atoms with van der Waals surface area (Å²) >= 11 is 0. The summed E-state index contributed by atoms with van der Waals surface area (Å²) in [4.78, 5) is 27.3. The van der Waals surface area contributed by atoms with Crippen LogP contribution in [0.25, 0.3) is 10.9 Å². The molecule has 4 rings (SSSR count). The van der Waals surface area contributed by atoms with Crippen LogP contribution < -0.4 is 10.6 Å². The van der Waals surface area contributed by atoms with Gasteiger partial charge in [-0.3, -0.25) is 0 Å². The van der Waals surface area contributed by atoms with Crippen LogP contribution in [-0.4, -0.2) is 76.9 Å². The number of halogens is 1. The van der Waals surface area contributed by atoms with Crippen LogP contribution in [0, 0.1) is 5.82 Å². The summed E-state index contributed by atoms with van der Waals surface area (Å²) in [6.07, 6.45) is 6.81. The molecule has 0 amide bonds. The molecule has 10 heteroatoms. The number of hydrogen-bond acceptors (Lipinski definition) is 8. The van der Waals surface area contributed by atoms with E-state index in [1.54, 1.807) is 13.2 Å². The minimum absolute atomic E-state index is 0.312. The zero-order valence-corrected chi connectivity index (χ0v) is 21.3. The van der Waals surface area contributed by atoms with Gasteiger partial charge in [-0.05, 0) is 74.9 Å². The van der Waals surface area contributed by atoms with Gasteiger partial charge in [0.2, 0.25) is 0 Å². The number of carboxylic acids is 1. The van der Waals surface area contributed by atoms with Crippen LogP contribution in [0.4, 0.5) is 16.0 Å². The van der Waals surface area contributed by atoms with Gasteiger partial charge in [0.1, 0.15) is 29.8 Å². The van der Waals surface area contributed by atoms with Crippen molar-refractivity contribution in [1.29, 1.82) is 0 Å². The minimum Gasteiger partial charge on any atom is -0.480 e. The smallest absolute Gasteiger partial charge is 0.326 e. The Bertz CT molecular complexity index is 1190. The maximum absolute atomic E-state index is 13.8. The molecule has 1 aliphatic heterocycles. The second-order valence-corrected chi connectivity index (χ2v) is 9.34. The monoisotopic (exact) mass is 510 g/mol. The first-order chi connectivity index (χ1) is 18.0. The average Bonchev–Trinajstić information content (AvgIpc) is 2.91. The number of ether oxygens (including phenoxy) is 1. The number of nitrogens with one attached hydrogen (secondary N) is 2. The van der Waals surface area contributed by atoms with Crippen LogP contribution in [0.3, 0.4) is 0 Å². The first kappa shape index (κ1) is 26.7. The van der Waals surface area contributed by atoms with Crippen molar-refractivity contribution in [3.8, 4) is 0 Å². The van der Waals surface area contributed by atoms with Gasteiger partial charge in [-0.15, -0.1) is 0 Å². The number of carboxylic acid groups (broad SMARTS) is 1. The number of methoxy groups -OCH3 is 1. The molecule has 2 aromatic heterocycles. The summed E-state index contributed by atoms with van der Waals surface area (Å²) in [6.45, 7) is 3.67. The highest BCUT2D eigenvalue weighted by Gasteiger charge is 2.20. The number of benzene rings is 1. The average molecular weight is 511 g/mol. The molecule has 37 heavy (non-hydrogen) atoms. The van der Waals surface area contributed by atoms with Crippen LogP contribution in [0.15, 0.2) is 36.7 Å². The number of aromatic nitrogens is 3. The van der Waals surface area contributed by atoms with Crippen molar-refractivity contribution in [2.45, 2.75) is 44.6 Å².